The summed E-state index contributed by atoms with van der Waals surface area (Å²) in [5, 5.41) is 7.04. The van der Waals surface area contributed by atoms with Gasteiger partial charge in [-0.05, 0) is 32.1 Å². The third-order valence-electron chi connectivity index (χ3n) is 2.90. The predicted octanol–water partition coefficient (Wildman–Crippen LogP) is 2.08. The highest BCUT2D eigenvalue weighted by Crippen LogP contribution is 2.13. The van der Waals surface area contributed by atoms with Gasteiger partial charge in [-0.2, -0.15) is 5.10 Å². The van der Waals surface area contributed by atoms with E-state index in [2.05, 4.69) is 15.4 Å². The summed E-state index contributed by atoms with van der Waals surface area (Å²) in [4.78, 5) is 15.7. The fraction of sp³-hybridized carbons (Fsp3) is 0.214. The number of carbonyl (C=O) groups is 1. The fourth-order valence-electron chi connectivity index (χ4n) is 1.81. The highest BCUT2D eigenvalue weighted by Gasteiger charge is 2.06. The lowest BCUT2D eigenvalue weighted by molar-refractivity contribution is -0.111. The van der Waals surface area contributed by atoms with E-state index in [0.717, 1.165) is 17.0 Å². The van der Waals surface area contributed by atoms with Gasteiger partial charge >= 0.3 is 0 Å². The fourth-order valence-corrected chi connectivity index (χ4v) is 1.81. The van der Waals surface area contributed by atoms with Crippen LogP contribution >= 0.6 is 0 Å². The topological polar surface area (TPSA) is 59.8 Å². The van der Waals surface area contributed by atoms with Gasteiger partial charge in [0.05, 0.1) is 17.6 Å². The first-order valence-corrected chi connectivity index (χ1v) is 5.97. The SMILES string of the molecule is Cc1nn(C)c(C)c1/C=C/C(=O)Nc1cccnc1. The molecule has 0 aliphatic rings. The zero-order valence-corrected chi connectivity index (χ0v) is 11.2. The van der Waals surface area contributed by atoms with E-state index >= 15 is 0 Å². The minimum Gasteiger partial charge on any atom is -0.321 e. The van der Waals surface area contributed by atoms with Gasteiger partial charge < -0.3 is 5.32 Å². The predicted molar refractivity (Wildman–Crippen MR) is 74.6 cm³/mol. The quantitative estimate of drug-likeness (QED) is 0.855. The van der Waals surface area contributed by atoms with Gasteiger partial charge in [-0.25, -0.2) is 0 Å². The lowest BCUT2D eigenvalue weighted by Crippen LogP contribution is -2.07. The molecule has 0 fully saturated rings. The maximum Gasteiger partial charge on any atom is 0.248 e. The van der Waals surface area contributed by atoms with Crippen LogP contribution in [0.1, 0.15) is 17.0 Å². The molecule has 0 saturated carbocycles. The molecule has 5 heteroatoms. The summed E-state index contributed by atoms with van der Waals surface area (Å²) in [7, 11) is 1.88. The van der Waals surface area contributed by atoms with Gasteiger partial charge in [-0.15, -0.1) is 0 Å². The molecular formula is C14H16N4O. The zero-order valence-electron chi connectivity index (χ0n) is 11.2. The number of nitrogens with zero attached hydrogens (tertiary/aromatic N) is 3. The Labute approximate surface area is 112 Å². The Bertz CT molecular complexity index is 614. The van der Waals surface area contributed by atoms with E-state index in [1.807, 2.05) is 20.9 Å². The number of carbonyl (C=O) groups excluding carboxylic acids is 1. The number of aromatic nitrogens is 3. The minimum absolute atomic E-state index is 0.185. The average Bonchev–Trinajstić information content (AvgIpc) is 2.62. The molecule has 19 heavy (non-hydrogen) atoms. The number of aryl methyl sites for hydroxylation is 2. The van der Waals surface area contributed by atoms with Crippen molar-refractivity contribution in [2.24, 2.45) is 7.05 Å². The third-order valence-corrected chi connectivity index (χ3v) is 2.90. The second-order valence-electron chi connectivity index (χ2n) is 4.27. The highest BCUT2D eigenvalue weighted by atomic mass is 16.1. The summed E-state index contributed by atoms with van der Waals surface area (Å²) < 4.78 is 1.80. The van der Waals surface area contributed by atoms with Crippen LogP contribution in [0.5, 0.6) is 0 Å². The van der Waals surface area contributed by atoms with Crippen molar-refractivity contribution in [3.05, 3.63) is 47.6 Å². The normalized spacial score (nSPS) is 10.9. The molecule has 0 unspecified atom stereocenters. The van der Waals surface area contributed by atoms with Crippen LogP contribution in [0, 0.1) is 13.8 Å². The van der Waals surface area contributed by atoms with Gasteiger partial charge in [0.2, 0.25) is 5.91 Å². The largest absolute Gasteiger partial charge is 0.321 e. The Kier molecular flexibility index (Phi) is 3.75. The van der Waals surface area contributed by atoms with E-state index in [1.165, 1.54) is 6.08 Å². The Morgan fingerprint density at radius 2 is 2.21 bits per heavy atom. The van der Waals surface area contributed by atoms with Crippen LogP contribution in [-0.4, -0.2) is 20.7 Å². The Morgan fingerprint density at radius 3 is 2.79 bits per heavy atom. The molecule has 0 aliphatic heterocycles. The van der Waals surface area contributed by atoms with Crippen molar-refractivity contribution in [2.45, 2.75) is 13.8 Å². The van der Waals surface area contributed by atoms with Gasteiger partial charge in [-0.3, -0.25) is 14.5 Å². The second-order valence-corrected chi connectivity index (χ2v) is 4.27. The maximum atomic E-state index is 11.8. The van der Waals surface area contributed by atoms with Crippen molar-refractivity contribution >= 4 is 17.7 Å². The molecule has 2 heterocycles. The number of pyridine rings is 1. The first kappa shape index (κ1) is 13.0. The molecule has 1 amide bonds. The van der Waals surface area contributed by atoms with Crippen LogP contribution in [0.3, 0.4) is 0 Å². The number of anilines is 1. The lowest BCUT2D eigenvalue weighted by Gasteiger charge is -2.00. The summed E-state index contributed by atoms with van der Waals surface area (Å²) in [5.74, 6) is -0.185. The molecule has 0 radical (unpaired) electrons. The average molecular weight is 256 g/mol. The molecule has 0 atom stereocenters. The summed E-state index contributed by atoms with van der Waals surface area (Å²) in [6, 6.07) is 3.56. The molecule has 1 N–H and O–H groups in total. The maximum absolute atomic E-state index is 11.8. The minimum atomic E-state index is -0.185. The molecule has 2 rings (SSSR count). The van der Waals surface area contributed by atoms with Crippen molar-refractivity contribution in [3.8, 4) is 0 Å². The highest BCUT2D eigenvalue weighted by molar-refractivity contribution is 6.01. The van der Waals surface area contributed by atoms with Crippen LogP contribution in [0.15, 0.2) is 30.6 Å². The van der Waals surface area contributed by atoms with Crippen LogP contribution in [0.2, 0.25) is 0 Å². The van der Waals surface area contributed by atoms with Gasteiger partial charge in [0.1, 0.15) is 0 Å². The number of hydrogen-bond donors (Lipinski definition) is 1. The molecule has 2 aromatic heterocycles. The van der Waals surface area contributed by atoms with Gasteiger partial charge in [-0.1, -0.05) is 0 Å². The molecule has 0 bridgehead atoms. The third kappa shape index (κ3) is 3.07. The Morgan fingerprint density at radius 1 is 1.42 bits per heavy atom. The summed E-state index contributed by atoms with van der Waals surface area (Å²) in [5.41, 5.74) is 3.59. The standard InChI is InChI=1S/C14H16N4O/c1-10-13(11(2)18(3)17-10)6-7-14(19)16-12-5-4-8-15-9-12/h4-9H,1-3H3,(H,16,19)/b7-6+. The van der Waals surface area contributed by atoms with E-state index in [4.69, 9.17) is 0 Å². The molecule has 98 valence electrons. The first-order chi connectivity index (χ1) is 9.08. The van der Waals surface area contributed by atoms with E-state index in [-0.39, 0.29) is 5.91 Å². The monoisotopic (exact) mass is 256 g/mol. The van der Waals surface area contributed by atoms with Crippen molar-refractivity contribution in [2.75, 3.05) is 5.32 Å². The number of hydrogen-bond acceptors (Lipinski definition) is 3. The molecule has 0 aliphatic carbocycles. The summed E-state index contributed by atoms with van der Waals surface area (Å²) in [6.45, 7) is 3.89. The van der Waals surface area contributed by atoms with Gasteiger partial charge in [0.25, 0.3) is 0 Å². The first-order valence-electron chi connectivity index (χ1n) is 5.97. The van der Waals surface area contributed by atoms with E-state index in [0.29, 0.717) is 5.69 Å². The Balaban J connectivity index is 2.08. The number of amides is 1. The zero-order chi connectivity index (χ0) is 13.8. The number of rotatable bonds is 3. The lowest BCUT2D eigenvalue weighted by atomic mass is 10.2. The van der Waals surface area contributed by atoms with Crippen LogP contribution in [0.4, 0.5) is 5.69 Å². The van der Waals surface area contributed by atoms with E-state index < -0.39 is 0 Å². The Hall–Kier alpha value is -2.43. The molecule has 0 spiro atoms. The van der Waals surface area contributed by atoms with Gasteiger partial charge in [0.15, 0.2) is 0 Å². The molecular weight excluding hydrogens is 240 g/mol. The number of nitrogens with one attached hydrogen (secondary N) is 1. The van der Waals surface area contributed by atoms with Crippen molar-refractivity contribution in [1.82, 2.24) is 14.8 Å². The van der Waals surface area contributed by atoms with E-state index in [1.54, 1.807) is 35.3 Å². The van der Waals surface area contributed by atoms with Crippen LogP contribution in [-0.2, 0) is 11.8 Å². The second kappa shape index (κ2) is 5.48. The summed E-state index contributed by atoms with van der Waals surface area (Å²) in [6.07, 6.45) is 6.55. The molecule has 0 aromatic carbocycles. The van der Waals surface area contributed by atoms with Crippen LogP contribution < -0.4 is 5.32 Å². The molecule has 5 nitrogen and oxygen atoms in total. The van der Waals surface area contributed by atoms with E-state index in [9.17, 15) is 4.79 Å². The van der Waals surface area contributed by atoms with Crippen molar-refractivity contribution in [3.63, 3.8) is 0 Å². The van der Waals surface area contributed by atoms with Gasteiger partial charge in [0, 0.05) is 30.6 Å². The summed E-state index contributed by atoms with van der Waals surface area (Å²) >= 11 is 0. The smallest absolute Gasteiger partial charge is 0.248 e. The molecule has 0 saturated heterocycles. The molecule has 2 aromatic rings. The van der Waals surface area contributed by atoms with Crippen molar-refractivity contribution < 1.29 is 4.79 Å². The van der Waals surface area contributed by atoms with Crippen molar-refractivity contribution in [1.29, 1.82) is 0 Å². The van der Waals surface area contributed by atoms with Crippen LogP contribution in [0.25, 0.3) is 6.08 Å².